The molecule has 0 radical (unpaired) electrons. The van der Waals surface area contributed by atoms with Gasteiger partial charge in [-0.05, 0) is 78.2 Å². The summed E-state index contributed by atoms with van der Waals surface area (Å²) >= 11 is 0. The number of benzene rings is 1. The van der Waals surface area contributed by atoms with Crippen molar-refractivity contribution in [3.63, 3.8) is 0 Å². The lowest BCUT2D eigenvalue weighted by atomic mass is 9.99. The number of aryl methyl sites for hydroxylation is 3. The highest BCUT2D eigenvalue weighted by Gasteiger charge is 2.30. The van der Waals surface area contributed by atoms with Crippen molar-refractivity contribution in [1.82, 2.24) is 19.9 Å². The van der Waals surface area contributed by atoms with Gasteiger partial charge < -0.3 is 31.0 Å². The van der Waals surface area contributed by atoms with Gasteiger partial charge in [-0.2, -0.15) is 0 Å². The normalized spacial score (nSPS) is 12.7. The number of nitrogens with zero attached hydrogens (tertiary/aromatic N) is 3. The monoisotopic (exact) mass is 808 g/mol. The first-order valence-corrected chi connectivity index (χ1v) is 19.5. The standard InChI is InChI=1S/C47H40F4N9/c1-58-21-13-27(14-22-58)38-30-5-7-32(54-30)39(28-15-23-59(2)24-16-28)34-9-11-36(56-34)41(42-43(48)45(50)47(46(51)44(42)49)53-20-4-19-52)37-12-10-35(57-37)40(33-8-6-31(38)55-33)29-17-25-60(3)26-18-29/h5-18,21-26H,4,19-20,52H2,1-3H3,(H3,53,54,55,56,57)/q+1/p+2. The molecule has 8 aromatic rings. The molecular weight excluding hydrogens is 767 g/mol. The SMILES string of the molecule is C[n+]1ccc(C2=c3ccc([nH]3)=C(c3cc[n+](C)cc3)c3ccc([nH]3)C(c3c(F)c(F)c(NCCCN)c(F)c3F)=c3ccc([nH]3)=C(c3cc[n+](C)cc3)c3ccc2[nH]3)cc1. The first-order chi connectivity index (χ1) is 29.1. The third-order valence-electron chi connectivity index (χ3n) is 10.9. The van der Waals surface area contributed by atoms with Crippen molar-refractivity contribution in [3.8, 4) is 0 Å². The molecule has 9 rings (SSSR count). The second kappa shape index (κ2) is 15.5. The summed E-state index contributed by atoms with van der Waals surface area (Å²) < 4.78 is 70.8. The van der Waals surface area contributed by atoms with Crippen molar-refractivity contribution >= 4 is 28.0 Å². The molecule has 0 spiro atoms. The third kappa shape index (κ3) is 6.82. The molecule has 8 heterocycles. The Kier molecular flexibility index (Phi) is 9.88. The van der Waals surface area contributed by atoms with Gasteiger partial charge in [-0.25, -0.2) is 31.3 Å². The molecule has 1 aliphatic rings. The van der Waals surface area contributed by atoms with E-state index in [4.69, 9.17) is 5.73 Å². The van der Waals surface area contributed by atoms with Gasteiger partial charge in [0.2, 0.25) is 0 Å². The van der Waals surface area contributed by atoms with Gasteiger partial charge in [0.1, 0.15) is 26.8 Å². The van der Waals surface area contributed by atoms with E-state index in [1.165, 1.54) is 0 Å². The predicted molar refractivity (Wildman–Crippen MR) is 219 cm³/mol. The minimum absolute atomic E-state index is 0.0234. The lowest BCUT2D eigenvalue weighted by Gasteiger charge is -2.15. The molecule has 7 aromatic heterocycles. The molecule has 0 saturated carbocycles. The number of aromatic amines is 4. The highest BCUT2D eigenvalue weighted by molar-refractivity contribution is 5.85. The van der Waals surface area contributed by atoms with Crippen molar-refractivity contribution < 1.29 is 31.3 Å². The molecule has 0 unspecified atom stereocenters. The van der Waals surface area contributed by atoms with Crippen molar-refractivity contribution in [2.24, 2.45) is 26.9 Å². The van der Waals surface area contributed by atoms with E-state index in [0.29, 0.717) is 17.5 Å². The van der Waals surface area contributed by atoms with Crippen molar-refractivity contribution in [2.75, 3.05) is 18.4 Å². The molecule has 9 nitrogen and oxygen atoms in total. The lowest BCUT2D eigenvalue weighted by molar-refractivity contribution is -0.671. The Labute approximate surface area is 341 Å². The first-order valence-electron chi connectivity index (χ1n) is 19.5. The minimum atomic E-state index is -1.54. The summed E-state index contributed by atoms with van der Waals surface area (Å²) in [5.41, 5.74) is 11.2. The van der Waals surface area contributed by atoms with E-state index in [2.05, 4.69) is 37.4 Å². The van der Waals surface area contributed by atoms with Crippen molar-refractivity contribution in [1.29, 1.82) is 0 Å². The molecule has 7 N–H and O–H groups in total. The Hall–Kier alpha value is -7.25. The molecule has 1 aromatic carbocycles. The molecule has 0 atom stereocenters. The van der Waals surface area contributed by atoms with Crippen molar-refractivity contribution in [3.05, 3.63) is 212 Å². The van der Waals surface area contributed by atoms with Crippen LogP contribution >= 0.6 is 0 Å². The maximum absolute atomic E-state index is 16.5. The number of halogens is 4. The predicted octanol–water partition coefficient (Wildman–Crippen LogP) is 3.09. The quantitative estimate of drug-likeness (QED) is 0.0615. The fraction of sp³-hybridized carbons (Fsp3) is 0.128. The fourth-order valence-electron chi connectivity index (χ4n) is 7.85. The molecule has 0 aliphatic carbocycles. The second-order valence-corrected chi connectivity index (χ2v) is 15.0. The molecule has 0 amide bonds. The molecule has 13 heteroatoms. The maximum Gasteiger partial charge on any atom is 0.185 e. The summed E-state index contributed by atoms with van der Waals surface area (Å²) in [4.78, 5) is 14.2. The molecule has 300 valence electrons. The number of aromatic nitrogens is 7. The summed E-state index contributed by atoms with van der Waals surface area (Å²) in [6.07, 6.45) is 12.0. The first kappa shape index (κ1) is 38.3. The summed E-state index contributed by atoms with van der Waals surface area (Å²) in [7, 11) is 5.82. The Morgan fingerprint density at radius 3 is 1.13 bits per heavy atom. The van der Waals surface area contributed by atoms with Gasteiger partial charge in [-0.1, -0.05) is 0 Å². The van der Waals surface area contributed by atoms with Crippen LogP contribution in [0, 0.1) is 23.3 Å². The van der Waals surface area contributed by atoms with E-state index in [-0.39, 0.29) is 29.7 Å². The van der Waals surface area contributed by atoms with E-state index in [1.807, 2.05) is 121 Å². The van der Waals surface area contributed by atoms with Crippen LogP contribution in [0.3, 0.4) is 0 Å². The van der Waals surface area contributed by atoms with Crippen LogP contribution in [0.4, 0.5) is 23.2 Å². The highest BCUT2D eigenvalue weighted by Crippen LogP contribution is 2.35. The summed E-state index contributed by atoms with van der Waals surface area (Å²) in [5, 5.41) is 4.89. The zero-order valence-electron chi connectivity index (χ0n) is 33.1. The van der Waals surface area contributed by atoms with E-state index in [0.717, 1.165) is 55.5 Å². The minimum Gasteiger partial charge on any atom is -0.380 e. The highest BCUT2D eigenvalue weighted by atomic mass is 19.2. The van der Waals surface area contributed by atoms with Gasteiger partial charge >= 0.3 is 0 Å². The number of rotatable bonds is 8. The number of anilines is 1. The van der Waals surface area contributed by atoms with Gasteiger partial charge in [0.15, 0.2) is 60.4 Å². The molecule has 8 bridgehead atoms. The van der Waals surface area contributed by atoms with Crippen LogP contribution in [-0.4, -0.2) is 33.0 Å². The third-order valence-corrected chi connectivity index (χ3v) is 10.9. The number of nitrogens with two attached hydrogens (primary N) is 1. The molecule has 0 saturated heterocycles. The summed E-state index contributed by atoms with van der Waals surface area (Å²) in [6, 6.07) is 27.0. The molecule has 60 heavy (non-hydrogen) atoms. The van der Waals surface area contributed by atoms with Crippen LogP contribution in [0.2, 0.25) is 0 Å². The second-order valence-electron chi connectivity index (χ2n) is 15.0. The number of hydrogen-bond donors (Lipinski definition) is 6. The van der Waals surface area contributed by atoms with Gasteiger partial charge in [0.05, 0.1) is 5.56 Å². The zero-order valence-corrected chi connectivity index (χ0v) is 33.1. The number of pyridine rings is 3. The fourth-order valence-corrected chi connectivity index (χ4v) is 7.85. The summed E-state index contributed by atoms with van der Waals surface area (Å²) in [5.74, 6) is -6.16. The maximum atomic E-state index is 16.5. The van der Waals surface area contributed by atoms with E-state index >= 15 is 17.6 Å². The Bertz CT molecular complexity index is 3140. The van der Waals surface area contributed by atoms with Crippen LogP contribution in [0.15, 0.2) is 122 Å². The number of hydrogen-bond acceptors (Lipinski definition) is 2. The van der Waals surface area contributed by atoms with Crippen LogP contribution < -0.4 is 46.1 Å². The van der Waals surface area contributed by atoms with Crippen LogP contribution in [-0.2, 0) is 21.1 Å². The smallest absolute Gasteiger partial charge is 0.185 e. The molecule has 1 aliphatic heterocycles. The van der Waals surface area contributed by atoms with Gasteiger partial charge in [-0.15, -0.1) is 0 Å². The van der Waals surface area contributed by atoms with Crippen LogP contribution in [0.5, 0.6) is 0 Å². The van der Waals surface area contributed by atoms with E-state index < -0.39 is 34.5 Å². The van der Waals surface area contributed by atoms with Gasteiger partial charge in [0.25, 0.3) is 0 Å². The average Bonchev–Trinajstić information content (AvgIpc) is 4.10. The summed E-state index contributed by atoms with van der Waals surface area (Å²) in [6.45, 7) is 0.247. The number of H-pyrrole nitrogens is 4. The zero-order chi connectivity index (χ0) is 41.7. The Morgan fingerprint density at radius 2 is 0.783 bits per heavy atom. The largest absolute Gasteiger partial charge is 0.380 e. The van der Waals surface area contributed by atoms with E-state index in [1.54, 1.807) is 24.3 Å². The van der Waals surface area contributed by atoms with Crippen LogP contribution in [0.25, 0.3) is 22.3 Å². The average molecular weight is 809 g/mol. The number of nitrogens with one attached hydrogen (secondary N) is 5. The van der Waals surface area contributed by atoms with Gasteiger partial charge in [0, 0.05) is 109 Å². The Balaban J connectivity index is 1.42. The molecular formula is C47H42F4N9+3. The Morgan fingerprint density at radius 1 is 0.450 bits per heavy atom. The van der Waals surface area contributed by atoms with E-state index in [9.17, 15) is 0 Å². The lowest BCUT2D eigenvalue weighted by Crippen LogP contribution is -2.27. The number of fused-ring (bicyclic) bond motifs is 8. The van der Waals surface area contributed by atoms with Gasteiger partial charge in [-0.3, -0.25) is 0 Å². The topological polar surface area (TPSA) is 113 Å². The van der Waals surface area contributed by atoms with Crippen molar-refractivity contribution in [2.45, 2.75) is 6.42 Å². The molecule has 0 fully saturated rings. The van der Waals surface area contributed by atoms with Crippen LogP contribution in [0.1, 0.15) is 51.5 Å².